The lowest BCUT2D eigenvalue weighted by atomic mass is 9.69. The highest BCUT2D eigenvalue weighted by Crippen LogP contribution is 2.42. The van der Waals surface area contributed by atoms with Crippen molar-refractivity contribution in [1.29, 1.82) is 0 Å². The Morgan fingerprint density at radius 1 is 1.22 bits per heavy atom. The Bertz CT molecular complexity index is 595. The van der Waals surface area contributed by atoms with Gasteiger partial charge in [-0.3, -0.25) is 4.79 Å². The number of amides is 1. The number of rotatable bonds is 9. The van der Waals surface area contributed by atoms with E-state index in [4.69, 9.17) is 15.2 Å². The topological polar surface area (TPSA) is 73.6 Å². The van der Waals surface area contributed by atoms with Gasteiger partial charge < -0.3 is 20.5 Å². The van der Waals surface area contributed by atoms with Gasteiger partial charge in [-0.25, -0.2) is 0 Å². The van der Waals surface area contributed by atoms with Gasteiger partial charge in [0.15, 0.2) is 11.5 Å². The van der Waals surface area contributed by atoms with Crippen LogP contribution in [0.1, 0.15) is 44.1 Å². The number of hydrogen-bond acceptors (Lipinski definition) is 5. The Labute approximate surface area is 173 Å². The Balaban J connectivity index is 0.00000364. The molecule has 1 fully saturated rings. The highest BCUT2D eigenvalue weighted by Gasteiger charge is 2.35. The smallest absolute Gasteiger partial charge is 0.236 e. The van der Waals surface area contributed by atoms with E-state index in [1.807, 2.05) is 12.3 Å². The molecule has 3 N–H and O–H groups in total. The molecule has 2 rings (SSSR count). The summed E-state index contributed by atoms with van der Waals surface area (Å²) >= 11 is 1.71. The highest BCUT2D eigenvalue weighted by molar-refractivity contribution is 7.98. The fourth-order valence-electron chi connectivity index (χ4n) is 3.73. The number of methoxy groups -OCH3 is 2. The first-order valence-corrected chi connectivity index (χ1v) is 10.7. The van der Waals surface area contributed by atoms with Crippen LogP contribution < -0.4 is 20.5 Å². The van der Waals surface area contributed by atoms with E-state index >= 15 is 0 Å². The first-order chi connectivity index (χ1) is 12.6. The summed E-state index contributed by atoms with van der Waals surface area (Å²) in [5, 5.41) is 3.12. The lowest BCUT2D eigenvalue weighted by Gasteiger charge is -2.38. The lowest BCUT2D eigenvalue weighted by molar-refractivity contribution is -0.122. The third-order valence-electron chi connectivity index (χ3n) is 5.38. The zero-order valence-corrected chi connectivity index (χ0v) is 18.2. The molecule has 27 heavy (non-hydrogen) atoms. The average molecular weight is 417 g/mol. The zero-order chi connectivity index (χ0) is 19.0. The predicted octanol–water partition coefficient (Wildman–Crippen LogP) is 3.52. The standard InChI is InChI=1S/C20H32N2O3S.ClH/c1-24-17-8-7-15(13-18(17)25-2)20(10-5-4-6-11-20)14-22-19(23)16(21)9-12-26-3;/h7-8,13,16H,4-6,9-12,14,21H2,1-3H3,(H,22,23);1H/t16-;/m0./s1. The van der Waals surface area contributed by atoms with Gasteiger partial charge in [-0.1, -0.05) is 25.3 Å². The SMILES string of the molecule is COc1ccc(C2(CNC(=O)[C@@H](N)CCSC)CCCCC2)cc1OC.Cl. The van der Waals surface area contributed by atoms with Gasteiger partial charge in [0.25, 0.3) is 0 Å². The van der Waals surface area contributed by atoms with Gasteiger partial charge in [-0.2, -0.15) is 11.8 Å². The molecular weight excluding hydrogens is 384 g/mol. The molecule has 1 saturated carbocycles. The second-order valence-electron chi connectivity index (χ2n) is 7.02. The number of thioether (sulfide) groups is 1. The van der Waals surface area contributed by atoms with Crippen molar-refractivity contribution >= 4 is 30.1 Å². The van der Waals surface area contributed by atoms with Crippen LogP contribution in [0.5, 0.6) is 11.5 Å². The number of hydrogen-bond donors (Lipinski definition) is 2. The lowest BCUT2D eigenvalue weighted by Crippen LogP contribution is -2.47. The van der Waals surface area contributed by atoms with E-state index < -0.39 is 6.04 Å². The van der Waals surface area contributed by atoms with E-state index in [0.29, 0.717) is 13.0 Å². The summed E-state index contributed by atoms with van der Waals surface area (Å²) in [7, 11) is 3.30. The van der Waals surface area contributed by atoms with Crippen molar-refractivity contribution in [2.24, 2.45) is 5.73 Å². The van der Waals surface area contributed by atoms with E-state index in [1.165, 1.54) is 24.8 Å². The predicted molar refractivity (Wildman–Crippen MR) is 116 cm³/mol. The molecule has 1 atom stereocenters. The molecule has 0 aromatic heterocycles. The molecular formula is C20H33ClN2O3S. The van der Waals surface area contributed by atoms with Gasteiger partial charge >= 0.3 is 0 Å². The zero-order valence-electron chi connectivity index (χ0n) is 16.6. The van der Waals surface area contributed by atoms with Gasteiger partial charge in [0.05, 0.1) is 20.3 Å². The fourth-order valence-corrected chi connectivity index (χ4v) is 4.22. The molecule has 1 aromatic rings. The van der Waals surface area contributed by atoms with E-state index in [1.54, 1.807) is 26.0 Å². The molecule has 1 aliphatic rings. The van der Waals surface area contributed by atoms with Crippen LogP contribution in [0.25, 0.3) is 0 Å². The Kier molecular flexibility index (Phi) is 10.3. The minimum atomic E-state index is -0.437. The first kappa shape index (κ1) is 23.9. The highest BCUT2D eigenvalue weighted by atomic mass is 35.5. The molecule has 0 unspecified atom stereocenters. The molecule has 1 amide bonds. The number of halogens is 1. The summed E-state index contributed by atoms with van der Waals surface area (Å²) < 4.78 is 10.9. The second kappa shape index (κ2) is 11.7. The Hall–Kier alpha value is -1.11. The van der Waals surface area contributed by atoms with E-state index in [9.17, 15) is 4.79 Å². The second-order valence-corrected chi connectivity index (χ2v) is 8.00. The van der Waals surface area contributed by atoms with Crippen molar-refractivity contribution in [3.05, 3.63) is 23.8 Å². The van der Waals surface area contributed by atoms with Crippen LogP contribution in [-0.4, -0.2) is 44.7 Å². The molecule has 5 nitrogen and oxygen atoms in total. The third-order valence-corrected chi connectivity index (χ3v) is 6.02. The van der Waals surface area contributed by atoms with Crippen molar-refractivity contribution in [2.75, 3.05) is 32.8 Å². The van der Waals surface area contributed by atoms with E-state index in [2.05, 4.69) is 17.4 Å². The van der Waals surface area contributed by atoms with Crippen LogP contribution in [0.2, 0.25) is 0 Å². The van der Waals surface area contributed by atoms with Gasteiger partial charge in [-0.15, -0.1) is 12.4 Å². The summed E-state index contributed by atoms with van der Waals surface area (Å²) in [6.45, 7) is 0.619. The van der Waals surface area contributed by atoms with Gasteiger partial charge in [0, 0.05) is 12.0 Å². The molecule has 0 spiro atoms. The van der Waals surface area contributed by atoms with Crippen molar-refractivity contribution in [1.82, 2.24) is 5.32 Å². The summed E-state index contributed by atoms with van der Waals surface area (Å²) in [4.78, 5) is 12.4. The molecule has 7 heteroatoms. The Morgan fingerprint density at radius 3 is 2.48 bits per heavy atom. The minimum absolute atomic E-state index is 0. The van der Waals surface area contributed by atoms with E-state index in [0.717, 1.165) is 30.1 Å². The maximum absolute atomic E-state index is 12.4. The Morgan fingerprint density at radius 2 is 1.89 bits per heavy atom. The summed E-state index contributed by atoms with van der Waals surface area (Å²) in [6, 6.07) is 5.68. The van der Waals surface area contributed by atoms with Crippen LogP contribution in [-0.2, 0) is 10.2 Å². The molecule has 0 radical (unpaired) electrons. The summed E-state index contributed by atoms with van der Waals surface area (Å²) in [5.74, 6) is 2.31. The van der Waals surface area contributed by atoms with Gasteiger partial charge in [0.1, 0.15) is 0 Å². The van der Waals surface area contributed by atoms with Crippen molar-refractivity contribution < 1.29 is 14.3 Å². The molecule has 0 heterocycles. The van der Waals surface area contributed by atoms with E-state index in [-0.39, 0.29) is 23.7 Å². The number of benzene rings is 1. The van der Waals surface area contributed by atoms with Crippen LogP contribution in [0.3, 0.4) is 0 Å². The molecule has 0 aliphatic heterocycles. The number of carbonyl (C=O) groups excluding carboxylic acids is 1. The normalized spacial score (nSPS) is 16.7. The number of nitrogens with one attached hydrogen (secondary N) is 1. The summed E-state index contributed by atoms with van der Waals surface area (Å²) in [5.41, 5.74) is 7.16. The van der Waals surface area contributed by atoms with Crippen LogP contribution in [0.4, 0.5) is 0 Å². The van der Waals surface area contributed by atoms with Crippen molar-refractivity contribution in [3.63, 3.8) is 0 Å². The molecule has 0 bridgehead atoms. The molecule has 1 aromatic carbocycles. The van der Waals surface area contributed by atoms with Crippen molar-refractivity contribution in [2.45, 2.75) is 50.0 Å². The average Bonchev–Trinajstić information content (AvgIpc) is 2.70. The quantitative estimate of drug-likeness (QED) is 0.644. The van der Waals surface area contributed by atoms with Crippen LogP contribution >= 0.6 is 24.2 Å². The maximum Gasteiger partial charge on any atom is 0.236 e. The van der Waals surface area contributed by atoms with Crippen LogP contribution in [0, 0.1) is 0 Å². The van der Waals surface area contributed by atoms with Crippen molar-refractivity contribution in [3.8, 4) is 11.5 Å². The fraction of sp³-hybridized carbons (Fsp3) is 0.650. The number of ether oxygens (including phenoxy) is 2. The molecule has 154 valence electrons. The summed E-state index contributed by atoms with van der Waals surface area (Å²) in [6.07, 6.45) is 8.43. The first-order valence-electron chi connectivity index (χ1n) is 9.31. The van der Waals surface area contributed by atoms with Crippen LogP contribution in [0.15, 0.2) is 18.2 Å². The third kappa shape index (κ3) is 6.19. The minimum Gasteiger partial charge on any atom is -0.493 e. The molecule has 0 saturated heterocycles. The monoisotopic (exact) mass is 416 g/mol. The largest absolute Gasteiger partial charge is 0.493 e. The number of carbonyl (C=O) groups is 1. The van der Waals surface area contributed by atoms with Gasteiger partial charge in [-0.05, 0) is 49.0 Å². The number of nitrogens with two attached hydrogens (primary N) is 1. The maximum atomic E-state index is 12.4. The molecule has 1 aliphatic carbocycles. The van der Waals surface area contributed by atoms with Gasteiger partial charge in [0.2, 0.25) is 5.91 Å².